The number of aliphatic hydroxyl groups is 12. The van der Waals surface area contributed by atoms with Gasteiger partial charge in [0, 0.05) is 30.9 Å². The maximum absolute atomic E-state index is 12.0. The van der Waals surface area contributed by atoms with E-state index in [9.17, 15) is 61.3 Å². The largest absolute Gasteiger partial charge is 0.464 e. The lowest BCUT2D eigenvalue weighted by Crippen LogP contribution is -2.61. The molecule has 0 bridgehead atoms. The van der Waals surface area contributed by atoms with Gasteiger partial charge in [0.05, 0.1) is 24.9 Å². The molecule has 18 heteroatoms. The normalized spacial score (nSPS) is 53.9. The van der Waals surface area contributed by atoms with E-state index in [2.05, 4.69) is 20.8 Å². The molecule has 0 aromatic heterocycles. The summed E-state index contributed by atoms with van der Waals surface area (Å²) in [6.45, 7) is 7.67. The Kier molecular flexibility index (Phi) is 14.1. The van der Waals surface area contributed by atoms with Gasteiger partial charge in [-0.3, -0.25) is 0 Å². The van der Waals surface area contributed by atoms with Crippen molar-refractivity contribution in [3.63, 3.8) is 0 Å². The van der Waals surface area contributed by atoms with Crippen LogP contribution in [-0.2, 0) is 28.4 Å². The first-order valence-corrected chi connectivity index (χ1v) is 23.5. The number of ether oxygens (including phenoxy) is 6. The van der Waals surface area contributed by atoms with Gasteiger partial charge in [-0.15, -0.1) is 0 Å². The summed E-state index contributed by atoms with van der Waals surface area (Å²) in [6, 6.07) is 0. The molecule has 12 N–H and O–H groups in total. The smallest absolute Gasteiger partial charge is 0.229 e. The average Bonchev–Trinajstić information content (AvgIpc) is 3.70. The van der Waals surface area contributed by atoms with E-state index in [1.807, 2.05) is 6.92 Å². The molecular weight excluding hydrogens is 828 g/mol. The first-order chi connectivity index (χ1) is 29.8. The number of aliphatic hydroxyl groups excluding tert-OH is 11. The van der Waals surface area contributed by atoms with Crippen LogP contribution in [0.4, 0.5) is 0 Å². The monoisotopic (exact) mass is 902 g/mol. The van der Waals surface area contributed by atoms with Gasteiger partial charge in [0.25, 0.3) is 0 Å². The van der Waals surface area contributed by atoms with Crippen molar-refractivity contribution in [3.8, 4) is 0 Å². The molecule has 0 spiro atoms. The molecule has 0 amide bonds. The van der Waals surface area contributed by atoms with Gasteiger partial charge in [0.2, 0.25) is 6.29 Å². The molecule has 25 atom stereocenters. The van der Waals surface area contributed by atoms with E-state index < -0.39 is 98.9 Å². The van der Waals surface area contributed by atoms with E-state index in [4.69, 9.17) is 28.4 Å². The topological polar surface area (TPSA) is 298 Å². The van der Waals surface area contributed by atoms with Crippen LogP contribution < -0.4 is 0 Å². The lowest BCUT2D eigenvalue weighted by molar-refractivity contribution is -0.369. The molecule has 362 valence electrons. The lowest BCUT2D eigenvalue weighted by atomic mass is 9.44. The molecule has 4 saturated carbocycles. The molecule has 7 fully saturated rings. The number of hydrogen-bond acceptors (Lipinski definition) is 18. The third-order valence-corrected chi connectivity index (χ3v) is 17.9. The van der Waals surface area contributed by atoms with Crippen LogP contribution in [0.25, 0.3) is 0 Å². The van der Waals surface area contributed by atoms with Crippen molar-refractivity contribution >= 4 is 0 Å². The molecule has 3 saturated heterocycles. The zero-order valence-corrected chi connectivity index (χ0v) is 36.9. The fourth-order valence-electron chi connectivity index (χ4n) is 14.1. The Morgan fingerprint density at radius 2 is 1.44 bits per heavy atom. The van der Waals surface area contributed by atoms with Crippen LogP contribution in [0.3, 0.4) is 0 Å². The maximum Gasteiger partial charge on any atom is 0.229 e. The van der Waals surface area contributed by atoms with Crippen LogP contribution >= 0.6 is 0 Å². The summed E-state index contributed by atoms with van der Waals surface area (Å²) in [5, 5.41) is 127. The highest BCUT2D eigenvalue weighted by Gasteiger charge is 2.68. The molecular formula is C45H74O18. The summed E-state index contributed by atoms with van der Waals surface area (Å²) >= 11 is 0. The predicted molar refractivity (Wildman–Crippen MR) is 217 cm³/mol. The molecule has 0 aromatic carbocycles. The molecule has 18 nitrogen and oxygen atoms in total. The molecule has 4 heterocycles. The van der Waals surface area contributed by atoms with Crippen molar-refractivity contribution in [3.05, 3.63) is 11.3 Å². The Labute approximate surface area is 368 Å². The third-order valence-electron chi connectivity index (χ3n) is 17.9. The minimum Gasteiger partial charge on any atom is -0.464 e. The number of hydrogen-bond donors (Lipinski definition) is 12. The van der Waals surface area contributed by atoms with E-state index in [0.717, 1.165) is 38.5 Å². The standard InChI is InChI=1S/C45H74O18/c1-19(16-46)7-12-45(57)20(2)31-27(63-45)15-26-23-6-5-21-13-22(8-10-43(21,3)25(23)9-11-44(26,31)4)58-42-39(61-41-38(55)36(53)37(54)40(56)62-41)32(49)24(29(17-47)60-42)14-28-33(50)35(52)34(51)30(18-48)59-28/h19-23,25-28,30-42,46-57H,5-18H2,1-4H3. The van der Waals surface area contributed by atoms with E-state index >= 15 is 0 Å². The SMILES string of the molecule is CC(CO)CCC1(O)OC2CC3C4CCC5CC(OC6OC(CO)=C(CC7OC(CO)C(O)C(O)C7O)C(O)C6OC6OC(O)C(O)C(O)C6O)CCC5(C)C4CCC3(C)C2C1C. The molecule has 25 unspecified atom stereocenters. The summed E-state index contributed by atoms with van der Waals surface area (Å²) in [7, 11) is 0. The Hall–Kier alpha value is -1.14. The van der Waals surface area contributed by atoms with Crippen LogP contribution in [0.2, 0.25) is 0 Å². The number of rotatable bonds is 12. The van der Waals surface area contributed by atoms with Gasteiger partial charge in [-0.25, -0.2) is 0 Å². The van der Waals surface area contributed by atoms with Crippen molar-refractivity contribution in [1.82, 2.24) is 0 Å². The van der Waals surface area contributed by atoms with Crippen LogP contribution in [0.5, 0.6) is 0 Å². The summed E-state index contributed by atoms with van der Waals surface area (Å²) < 4.78 is 36.6. The van der Waals surface area contributed by atoms with E-state index in [-0.39, 0.29) is 65.2 Å². The van der Waals surface area contributed by atoms with Crippen molar-refractivity contribution < 1.29 is 89.7 Å². The van der Waals surface area contributed by atoms with Gasteiger partial charge < -0.3 is 89.7 Å². The molecule has 0 aromatic rings. The Morgan fingerprint density at radius 1 is 0.746 bits per heavy atom. The van der Waals surface area contributed by atoms with Gasteiger partial charge in [0.1, 0.15) is 61.2 Å². The highest BCUT2D eigenvalue weighted by molar-refractivity contribution is 5.22. The molecule has 8 aliphatic rings. The zero-order chi connectivity index (χ0) is 45.5. The summed E-state index contributed by atoms with van der Waals surface area (Å²) in [4.78, 5) is 0. The summed E-state index contributed by atoms with van der Waals surface area (Å²) in [5.41, 5.74) is 0.0454. The van der Waals surface area contributed by atoms with Gasteiger partial charge >= 0.3 is 0 Å². The second kappa shape index (κ2) is 18.4. The summed E-state index contributed by atoms with van der Waals surface area (Å²) in [5.74, 6) is 0.839. The van der Waals surface area contributed by atoms with Crippen molar-refractivity contribution in [2.45, 2.75) is 196 Å². The van der Waals surface area contributed by atoms with Crippen molar-refractivity contribution in [2.24, 2.45) is 52.3 Å². The molecule has 4 aliphatic carbocycles. The van der Waals surface area contributed by atoms with E-state index in [1.165, 1.54) is 0 Å². The highest BCUT2D eigenvalue weighted by atomic mass is 16.8. The minimum atomic E-state index is -1.95. The van der Waals surface area contributed by atoms with Crippen LogP contribution in [0.1, 0.15) is 98.3 Å². The van der Waals surface area contributed by atoms with Crippen LogP contribution in [-0.4, -0.2) is 179 Å². The molecule has 4 aliphatic heterocycles. The lowest BCUT2D eigenvalue weighted by Gasteiger charge is -2.61. The molecule has 8 rings (SSSR count). The molecule has 63 heavy (non-hydrogen) atoms. The Morgan fingerprint density at radius 3 is 2.14 bits per heavy atom. The maximum atomic E-state index is 12.0. The van der Waals surface area contributed by atoms with Crippen LogP contribution in [0, 0.1) is 52.3 Å². The second-order valence-electron chi connectivity index (χ2n) is 21.2. The van der Waals surface area contributed by atoms with Gasteiger partial charge in [0.15, 0.2) is 24.5 Å². The zero-order valence-electron chi connectivity index (χ0n) is 36.9. The number of fused-ring (bicyclic) bond motifs is 7. The predicted octanol–water partition coefficient (Wildman–Crippen LogP) is -0.889. The average molecular weight is 903 g/mol. The Bertz CT molecular complexity index is 1620. The van der Waals surface area contributed by atoms with Crippen LogP contribution in [0.15, 0.2) is 11.3 Å². The summed E-state index contributed by atoms with van der Waals surface area (Å²) in [6.07, 6.45) is -13.7. The first kappa shape index (κ1) is 48.3. The van der Waals surface area contributed by atoms with Crippen molar-refractivity contribution in [2.75, 3.05) is 19.8 Å². The van der Waals surface area contributed by atoms with Crippen molar-refractivity contribution in [1.29, 1.82) is 0 Å². The first-order valence-electron chi connectivity index (χ1n) is 23.5. The van der Waals surface area contributed by atoms with Gasteiger partial charge in [-0.05, 0) is 104 Å². The quantitative estimate of drug-likeness (QED) is 0.113. The minimum absolute atomic E-state index is 0.00570. The van der Waals surface area contributed by atoms with Gasteiger partial charge in [-0.2, -0.15) is 0 Å². The fourth-order valence-corrected chi connectivity index (χ4v) is 14.1. The fraction of sp³-hybridized carbons (Fsp3) is 0.956. The molecule has 0 radical (unpaired) electrons. The van der Waals surface area contributed by atoms with Gasteiger partial charge in [-0.1, -0.05) is 27.7 Å². The Balaban J connectivity index is 0.979. The third kappa shape index (κ3) is 8.35. The van der Waals surface area contributed by atoms with E-state index in [0.29, 0.717) is 49.4 Å². The highest BCUT2D eigenvalue weighted by Crippen LogP contribution is 2.71. The van der Waals surface area contributed by atoms with E-state index in [1.54, 1.807) is 0 Å². The second-order valence-corrected chi connectivity index (χ2v) is 21.2.